The van der Waals surface area contributed by atoms with Gasteiger partial charge in [-0.25, -0.2) is 4.79 Å². The first-order valence-electron chi connectivity index (χ1n) is 12.6. The molecule has 3 aromatic rings. The number of carbonyl (C=O) groups is 2. The number of carboxylic acid groups (broad SMARTS) is 1. The molecule has 224 valence electrons. The van der Waals surface area contributed by atoms with Crippen LogP contribution in [0.5, 0.6) is 6.01 Å². The van der Waals surface area contributed by atoms with Gasteiger partial charge in [0.2, 0.25) is 11.9 Å². The maximum Gasteiger partial charge on any atom is 0.422 e. The third-order valence-electron chi connectivity index (χ3n) is 5.54. The molecule has 0 saturated carbocycles. The second-order valence-electron chi connectivity index (χ2n) is 8.99. The fourth-order valence-corrected chi connectivity index (χ4v) is 3.61. The van der Waals surface area contributed by atoms with Crippen molar-refractivity contribution in [2.45, 2.75) is 44.4 Å². The number of anilines is 3. The first-order valence-corrected chi connectivity index (χ1v) is 12.9. The number of halogens is 4. The maximum atomic E-state index is 12.7. The smallest absolute Gasteiger partial charge is 0.422 e. The Balaban J connectivity index is 1.68. The van der Waals surface area contributed by atoms with Crippen LogP contribution in [0, 0.1) is 5.41 Å². The van der Waals surface area contributed by atoms with E-state index >= 15 is 0 Å². The molecule has 0 unspecified atom stereocenters. The summed E-state index contributed by atoms with van der Waals surface area (Å²) in [6.45, 7) is -1.37. The average Bonchev–Trinajstić information content (AvgIpc) is 2.93. The number of benzene rings is 2. The van der Waals surface area contributed by atoms with Crippen LogP contribution in [0.4, 0.5) is 30.8 Å². The van der Waals surface area contributed by atoms with Gasteiger partial charge in [-0.2, -0.15) is 28.1 Å². The van der Waals surface area contributed by atoms with Gasteiger partial charge < -0.3 is 31.5 Å². The number of rotatable bonds is 15. The molecule has 0 spiro atoms. The molecule has 1 atom stereocenters. The number of hydrogen-bond acceptors (Lipinski definition) is 9. The summed E-state index contributed by atoms with van der Waals surface area (Å²) in [5.41, 5.74) is 6.65. The van der Waals surface area contributed by atoms with Crippen LogP contribution in [-0.4, -0.2) is 56.6 Å². The van der Waals surface area contributed by atoms with Crippen molar-refractivity contribution < 1.29 is 32.6 Å². The molecule has 0 aliphatic carbocycles. The Morgan fingerprint density at radius 3 is 2.31 bits per heavy atom. The summed E-state index contributed by atoms with van der Waals surface area (Å²) in [5, 5.41) is 25.4. The number of amidine groups is 1. The molecular formula is C26H28ClF3N8O4. The zero-order chi connectivity index (χ0) is 30.7. The van der Waals surface area contributed by atoms with Crippen molar-refractivity contribution in [1.29, 1.82) is 5.41 Å². The molecule has 0 bridgehead atoms. The topological polar surface area (TPSA) is 188 Å². The fourth-order valence-electron chi connectivity index (χ4n) is 3.48. The van der Waals surface area contributed by atoms with Gasteiger partial charge in [0.05, 0.1) is 5.84 Å². The fraction of sp³-hybridized carbons (Fsp3) is 0.308. The van der Waals surface area contributed by atoms with Gasteiger partial charge in [-0.1, -0.05) is 30.2 Å². The molecule has 2 aromatic carbocycles. The molecule has 1 aromatic heterocycles. The normalized spacial score (nSPS) is 11.8. The summed E-state index contributed by atoms with van der Waals surface area (Å²) in [4.78, 5) is 36.1. The second kappa shape index (κ2) is 14.8. The third-order valence-corrected chi connectivity index (χ3v) is 5.79. The number of alkyl halides is 3. The molecule has 0 aliphatic heterocycles. The van der Waals surface area contributed by atoms with Crippen molar-refractivity contribution in [2.75, 3.05) is 17.2 Å². The summed E-state index contributed by atoms with van der Waals surface area (Å²) >= 11 is 5.89. The van der Waals surface area contributed by atoms with E-state index in [2.05, 4.69) is 30.9 Å². The summed E-state index contributed by atoms with van der Waals surface area (Å²) in [7, 11) is 0. The van der Waals surface area contributed by atoms with E-state index in [1.807, 2.05) is 0 Å². The lowest BCUT2D eigenvalue weighted by Gasteiger charge is -2.15. The number of hydrogen-bond donors (Lipinski definition) is 6. The molecule has 42 heavy (non-hydrogen) atoms. The number of amides is 1. The number of aromatic nitrogens is 3. The van der Waals surface area contributed by atoms with Crippen molar-refractivity contribution in [3.05, 3.63) is 64.7 Å². The molecular weight excluding hydrogens is 581 g/mol. The minimum atomic E-state index is -4.61. The monoisotopic (exact) mass is 608 g/mol. The van der Waals surface area contributed by atoms with Gasteiger partial charge in [-0.15, -0.1) is 0 Å². The molecule has 0 radical (unpaired) electrons. The number of nitrogens with zero attached hydrogens (tertiary/aromatic N) is 3. The first-order chi connectivity index (χ1) is 19.9. The molecule has 12 nitrogen and oxygen atoms in total. The summed E-state index contributed by atoms with van der Waals surface area (Å²) < 4.78 is 42.8. The number of nitrogens with two attached hydrogens (primary N) is 1. The highest BCUT2D eigenvalue weighted by atomic mass is 35.5. The molecule has 0 aliphatic rings. The van der Waals surface area contributed by atoms with Crippen LogP contribution < -0.4 is 26.4 Å². The standard InChI is InChI=1S/C26H28ClF3N8O4/c27-17-9-5-15(6-10-17)13-33-23-36-24(38-25(37-23)42-14-26(28,29)30)34-18-11-7-16(8-12-18)21(39)35-19(22(40)41)3-1-2-4-20(31)32/h5-12,19H,1-4,13-14H2,(H3,31,32)(H,35,39)(H,40,41)(H2,33,34,36,37,38)/t19-/m1/s1. The zero-order valence-electron chi connectivity index (χ0n) is 22.0. The molecule has 7 N–H and O–H groups in total. The Hall–Kier alpha value is -4.66. The summed E-state index contributed by atoms with van der Waals surface area (Å²) in [5.74, 6) is -1.99. The largest absolute Gasteiger partial charge is 0.480 e. The van der Waals surface area contributed by atoms with Gasteiger partial charge >= 0.3 is 18.2 Å². The van der Waals surface area contributed by atoms with Crippen LogP contribution in [0.15, 0.2) is 48.5 Å². The van der Waals surface area contributed by atoms with E-state index in [4.69, 9.17) is 27.5 Å². The third kappa shape index (κ3) is 11.1. The lowest BCUT2D eigenvalue weighted by molar-refractivity contribution is -0.154. The van der Waals surface area contributed by atoms with E-state index in [-0.39, 0.29) is 36.3 Å². The molecule has 16 heteroatoms. The Bertz CT molecular complexity index is 1380. The van der Waals surface area contributed by atoms with Crippen molar-refractivity contribution in [2.24, 2.45) is 5.73 Å². The van der Waals surface area contributed by atoms with Crippen molar-refractivity contribution in [3.8, 4) is 6.01 Å². The predicted molar refractivity (Wildman–Crippen MR) is 149 cm³/mol. The lowest BCUT2D eigenvalue weighted by Crippen LogP contribution is -2.40. The number of nitrogens with one attached hydrogen (secondary N) is 4. The van der Waals surface area contributed by atoms with E-state index in [0.717, 1.165) is 5.56 Å². The van der Waals surface area contributed by atoms with Gasteiger partial charge in [0.25, 0.3) is 5.91 Å². The molecule has 0 fully saturated rings. The highest BCUT2D eigenvalue weighted by molar-refractivity contribution is 6.30. The Labute approximate surface area is 243 Å². The van der Waals surface area contributed by atoms with Crippen molar-refractivity contribution >= 4 is 46.9 Å². The van der Waals surface area contributed by atoms with Crippen LogP contribution in [-0.2, 0) is 11.3 Å². The average molecular weight is 609 g/mol. The number of unbranched alkanes of at least 4 members (excludes halogenated alkanes) is 1. The highest BCUT2D eigenvalue weighted by Gasteiger charge is 2.29. The van der Waals surface area contributed by atoms with Crippen LogP contribution in [0.2, 0.25) is 5.02 Å². The number of carboxylic acids is 1. The van der Waals surface area contributed by atoms with E-state index in [1.165, 1.54) is 24.3 Å². The predicted octanol–water partition coefficient (Wildman–Crippen LogP) is 4.50. The Kier molecular flexibility index (Phi) is 11.2. The molecule has 3 rings (SSSR count). The molecule has 1 heterocycles. The summed E-state index contributed by atoms with van der Waals surface area (Å²) in [6, 6.07) is 11.0. The number of aliphatic carboxylic acids is 1. The number of carbonyl (C=O) groups excluding carboxylic acids is 1. The zero-order valence-corrected chi connectivity index (χ0v) is 22.8. The first kappa shape index (κ1) is 31.9. The van der Waals surface area contributed by atoms with E-state index in [9.17, 15) is 27.9 Å². The van der Waals surface area contributed by atoms with Crippen LogP contribution in [0.25, 0.3) is 0 Å². The quantitative estimate of drug-likeness (QED) is 0.0814. The van der Waals surface area contributed by atoms with Crippen molar-refractivity contribution in [1.82, 2.24) is 20.3 Å². The summed E-state index contributed by atoms with van der Waals surface area (Å²) in [6.07, 6.45) is -3.13. The second-order valence-corrected chi connectivity index (χ2v) is 9.42. The highest BCUT2D eigenvalue weighted by Crippen LogP contribution is 2.21. The van der Waals surface area contributed by atoms with Gasteiger partial charge in [0, 0.05) is 29.2 Å². The van der Waals surface area contributed by atoms with Crippen molar-refractivity contribution in [3.63, 3.8) is 0 Å². The SMILES string of the molecule is N=C(N)CCCC[C@@H](NC(=O)c1ccc(Nc2nc(NCc3ccc(Cl)cc3)nc(OCC(F)(F)F)n2)cc1)C(=O)O. The van der Waals surface area contributed by atoms with Gasteiger partial charge in [0.15, 0.2) is 6.61 Å². The van der Waals surface area contributed by atoms with Gasteiger partial charge in [-0.05, 0) is 54.8 Å². The van der Waals surface area contributed by atoms with Crippen LogP contribution >= 0.6 is 11.6 Å². The molecule has 1 amide bonds. The maximum absolute atomic E-state index is 12.7. The van der Waals surface area contributed by atoms with Gasteiger partial charge in [-0.3, -0.25) is 10.2 Å². The minimum Gasteiger partial charge on any atom is -0.480 e. The van der Waals surface area contributed by atoms with Crippen LogP contribution in [0.3, 0.4) is 0 Å². The Morgan fingerprint density at radius 2 is 1.69 bits per heavy atom. The number of ether oxygens (including phenoxy) is 1. The van der Waals surface area contributed by atoms with E-state index in [0.29, 0.717) is 30.0 Å². The van der Waals surface area contributed by atoms with E-state index in [1.54, 1.807) is 24.3 Å². The van der Waals surface area contributed by atoms with Crippen LogP contribution in [0.1, 0.15) is 41.6 Å². The Morgan fingerprint density at radius 1 is 1.02 bits per heavy atom. The molecule has 0 saturated heterocycles. The lowest BCUT2D eigenvalue weighted by atomic mass is 10.1. The van der Waals surface area contributed by atoms with Gasteiger partial charge in [0.1, 0.15) is 6.04 Å². The minimum absolute atomic E-state index is 0.00672. The van der Waals surface area contributed by atoms with E-state index < -0.39 is 36.7 Å².